The Kier molecular flexibility index (Phi) is 11.3. The summed E-state index contributed by atoms with van der Waals surface area (Å²) >= 11 is 9.46. The van der Waals surface area contributed by atoms with Gasteiger partial charge in [0.1, 0.15) is 17.5 Å². The highest BCUT2D eigenvalue weighted by molar-refractivity contribution is 9.10. The van der Waals surface area contributed by atoms with Crippen LogP contribution in [0, 0.1) is 0 Å². The molecule has 2 amide bonds. The summed E-state index contributed by atoms with van der Waals surface area (Å²) in [6.07, 6.45) is 2.19. The number of nitrogens with zero attached hydrogens (tertiary/aromatic N) is 1. The smallest absolute Gasteiger partial charge is 0.261 e. The predicted molar refractivity (Wildman–Crippen MR) is 150 cm³/mol. The molecule has 0 radical (unpaired) electrons. The van der Waals surface area contributed by atoms with Crippen LogP contribution >= 0.6 is 27.5 Å². The lowest BCUT2D eigenvalue weighted by atomic mass is 10.0. The third-order valence-electron chi connectivity index (χ3n) is 5.83. The number of halogens is 2. The summed E-state index contributed by atoms with van der Waals surface area (Å²) in [5, 5.41) is 3.57. The Morgan fingerprint density at radius 2 is 1.78 bits per heavy atom. The molecule has 3 rings (SSSR count). The van der Waals surface area contributed by atoms with E-state index in [1.165, 1.54) is 0 Å². The summed E-state index contributed by atoms with van der Waals surface area (Å²) in [7, 11) is 1.60. The monoisotopic (exact) mass is 586 g/mol. The van der Waals surface area contributed by atoms with Gasteiger partial charge in [-0.3, -0.25) is 9.59 Å². The normalized spacial score (nSPS) is 11.5. The molecule has 1 N–H and O–H groups in total. The van der Waals surface area contributed by atoms with Crippen molar-refractivity contribution in [3.63, 3.8) is 0 Å². The number of hydrogen-bond acceptors (Lipinski definition) is 4. The maximum Gasteiger partial charge on any atom is 0.261 e. The minimum Gasteiger partial charge on any atom is -0.497 e. The van der Waals surface area contributed by atoms with Crippen LogP contribution in [0.3, 0.4) is 0 Å². The van der Waals surface area contributed by atoms with E-state index in [4.69, 9.17) is 21.1 Å². The SMILES string of the molecule is CCCCNC(=O)[C@H](Cc1ccccc1)N(Cc1cccc(OC)c1)C(=O)COc1ccc(Cl)cc1Br. The zero-order chi connectivity index (χ0) is 26.6. The van der Waals surface area contributed by atoms with E-state index in [1.54, 1.807) is 30.2 Å². The van der Waals surface area contributed by atoms with Crippen molar-refractivity contribution in [2.45, 2.75) is 38.8 Å². The minimum atomic E-state index is -0.727. The van der Waals surface area contributed by atoms with Crippen molar-refractivity contribution in [2.24, 2.45) is 0 Å². The number of unbranched alkanes of at least 4 members (excludes halogenated alkanes) is 1. The zero-order valence-corrected chi connectivity index (χ0v) is 23.4. The lowest BCUT2D eigenvalue weighted by Crippen LogP contribution is -2.51. The predicted octanol–water partition coefficient (Wildman–Crippen LogP) is 6.05. The van der Waals surface area contributed by atoms with E-state index >= 15 is 0 Å². The average Bonchev–Trinajstić information content (AvgIpc) is 2.90. The maximum atomic E-state index is 13.7. The Morgan fingerprint density at radius 1 is 1.03 bits per heavy atom. The number of rotatable bonds is 13. The molecule has 196 valence electrons. The van der Waals surface area contributed by atoms with Crippen LogP contribution in [0.1, 0.15) is 30.9 Å². The molecule has 0 saturated carbocycles. The molecule has 3 aromatic carbocycles. The second kappa shape index (κ2) is 14.6. The molecule has 8 heteroatoms. The Labute approximate surface area is 232 Å². The first kappa shape index (κ1) is 28.5. The summed E-state index contributed by atoms with van der Waals surface area (Å²) in [6.45, 7) is 2.60. The molecule has 6 nitrogen and oxygen atoms in total. The van der Waals surface area contributed by atoms with Crippen LogP contribution < -0.4 is 14.8 Å². The van der Waals surface area contributed by atoms with Crippen LogP contribution in [0.2, 0.25) is 5.02 Å². The van der Waals surface area contributed by atoms with Crippen LogP contribution in [-0.4, -0.2) is 43.0 Å². The van der Waals surface area contributed by atoms with Crippen molar-refractivity contribution in [1.29, 1.82) is 0 Å². The first-order valence-corrected chi connectivity index (χ1v) is 13.4. The molecule has 0 saturated heterocycles. The van der Waals surface area contributed by atoms with Crippen LogP contribution in [0.25, 0.3) is 0 Å². The van der Waals surface area contributed by atoms with Crippen LogP contribution in [0.15, 0.2) is 77.3 Å². The Hall–Kier alpha value is -3.03. The van der Waals surface area contributed by atoms with E-state index in [1.807, 2.05) is 54.6 Å². The molecule has 0 unspecified atom stereocenters. The molecule has 0 spiro atoms. The highest BCUT2D eigenvalue weighted by Gasteiger charge is 2.30. The maximum absolute atomic E-state index is 13.7. The quantitative estimate of drug-likeness (QED) is 0.247. The van der Waals surface area contributed by atoms with Crippen molar-refractivity contribution in [2.75, 3.05) is 20.3 Å². The van der Waals surface area contributed by atoms with E-state index in [-0.39, 0.29) is 25.0 Å². The highest BCUT2D eigenvalue weighted by Crippen LogP contribution is 2.28. The van der Waals surface area contributed by atoms with E-state index < -0.39 is 6.04 Å². The van der Waals surface area contributed by atoms with Gasteiger partial charge < -0.3 is 19.7 Å². The van der Waals surface area contributed by atoms with Gasteiger partial charge in [0.25, 0.3) is 5.91 Å². The van der Waals surface area contributed by atoms with Crippen LogP contribution in [0.4, 0.5) is 0 Å². The molecule has 0 fully saturated rings. The van der Waals surface area contributed by atoms with Crippen LogP contribution in [-0.2, 0) is 22.6 Å². The molecule has 0 heterocycles. The number of nitrogens with one attached hydrogen (secondary N) is 1. The summed E-state index contributed by atoms with van der Waals surface area (Å²) < 4.78 is 11.9. The fourth-order valence-corrected chi connectivity index (χ4v) is 4.64. The summed E-state index contributed by atoms with van der Waals surface area (Å²) in [5.41, 5.74) is 1.81. The Balaban J connectivity index is 1.91. The van der Waals surface area contributed by atoms with Crippen molar-refractivity contribution < 1.29 is 19.1 Å². The number of carbonyl (C=O) groups excluding carboxylic acids is 2. The molecule has 1 atom stereocenters. The number of hydrogen-bond donors (Lipinski definition) is 1. The molecule has 0 bridgehead atoms. The zero-order valence-electron chi connectivity index (χ0n) is 21.1. The molecular weight excluding hydrogens is 556 g/mol. The molecule has 0 aliphatic heterocycles. The molecule has 3 aromatic rings. The summed E-state index contributed by atoms with van der Waals surface area (Å²) in [4.78, 5) is 28.7. The van der Waals surface area contributed by atoms with Gasteiger partial charge in [0.15, 0.2) is 6.61 Å². The Morgan fingerprint density at radius 3 is 2.49 bits per heavy atom. The standard InChI is InChI=1S/C29H32BrClN2O4/c1-3-4-15-32-29(35)26(17-21-9-6-5-7-10-21)33(19-22-11-8-12-24(16-22)36-2)28(34)20-37-27-14-13-23(31)18-25(27)30/h5-14,16,18,26H,3-4,15,17,19-20H2,1-2H3,(H,32,35)/t26-/m0/s1. The lowest BCUT2D eigenvalue weighted by Gasteiger charge is -2.31. The summed E-state index contributed by atoms with van der Waals surface area (Å²) in [5.74, 6) is 0.668. The first-order chi connectivity index (χ1) is 17.9. The van der Waals surface area contributed by atoms with Crippen molar-refractivity contribution in [3.8, 4) is 11.5 Å². The van der Waals surface area contributed by atoms with Crippen molar-refractivity contribution in [1.82, 2.24) is 10.2 Å². The van der Waals surface area contributed by atoms with E-state index in [2.05, 4.69) is 28.2 Å². The number of amides is 2. The van der Waals surface area contributed by atoms with E-state index in [0.29, 0.717) is 34.0 Å². The highest BCUT2D eigenvalue weighted by atomic mass is 79.9. The second-order valence-corrected chi connectivity index (χ2v) is 9.88. The van der Waals surface area contributed by atoms with Gasteiger partial charge in [0.2, 0.25) is 5.91 Å². The minimum absolute atomic E-state index is 0.193. The number of methoxy groups -OCH3 is 1. The summed E-state index contributed by atoms with van der Waals surface area (Å²) in [6, 6.07) is 21.6. The van der Waals surface area contributed by atoms with E-state index in [9.17, 15) is 9.59 Å². The van der Waals surface area contributed by atoms with Gasteiger partial charge in [-0.15, -0.1) is 0 Å². The number of ether oxygens (including phenoxy) is 2. The van der Waals surface area contributed by atoms with Gasteiger partial charge in [-0.25, -0.2) is 0 Å². The van der Waals surface area contributed by atoms with Gasteiger partial charge in [0, 0.05) is 24.5 Å². The van der Waals surface area contributed by atoms with Crippen molar-refractivity contribution >= 4 is 39.3 Å². The second-order valence-electron chi connectivity index (χ2n) is 8.59. The lowest BCUT2D eigenvalue weighted by molar-refractivity contribution is -0.142. The van der Waals surface area contributed by atoms with E-state index in [0.717, 1.165) is 24.0 Å². The number of benzene rings is 3. The van der Waals surface area contributed by atoms with Crippen LogP contribution in [0.5, 0.6) is 11.5 Å². The van der Waals surface area contributed by atoms with Gasteiger partial charge >= 0.3 is 0 Å². The molecular formula is C29H32BrClN2O4. The van der Waals surface area contributed by atoms with Crippen molar-refractivity contribution in [3.05, 3.63) is 93.4 Å². The average molecular weight is 588 g/mol. The Bertz CT molecular complexity index is 1180. The molecule has 0 aromatic heterocycles. The topological polar surface area (TPSA) is 67.9 Å². The third kappa shape index (κ3) is 8.79. The molecule has 37 heavy (non-hydrogen) atoms. The fourth-order valence-electron chi connectivity index (χ4n) is 3.84. The molecule has 0 aliphatic rings. The van der Waals surface area contributed by atoms with Gasteiger partial charge in [-0.1, -0.05) is 67.4 Å². The fraction of sp³-hybridized carbons (Fsp3) is 0.310. The van der Waals surface area contributed by atoms with Gasteiger partial charge in [0.05, 0.1) is 11.6 Å². The first-order valence-electron chi connectivity index (χ1n) is 12.2. The largest absolute Gasteiger partial charge is 0.497 e. The van der Waals surface area contributed by atoms with Gasteiger partial charge in [-0.05, 0) is 63.8 Å². The third-order valence-corrected chi connectivity index (χ3v) is 6.69. The van der Waals surface area contributed by atoms with Gasteiger partial charge in [-0.2, -0.15) is 0 Å². The molecule has 0 aliphatic carbocycles. The number of carbonyl (C=O) groups is 2.